The molecule has 0 heterocycles. The van der Waals surface area contributed by atoms with Crippen molar-refractivity contribution in [2.75, 3.05) is 0 Å². The van der Waals surface area contributed by atoms with Crippen LogP contribution >= 0.6 is 46.4 Å². The normalized spacial score (nSPS) is 47.0. The van der Waals surface area contributed by atoms with Gasteiger partial charge in [-0.15, -0.1) is 11.6 Å². The van der Waals surface area contributed by atoms with Crippen molar-refractivity contribution in [2.24, 2.45) is 17.8 Å². The molecule has 4 atom stereocenters. The summed E-state index contributed by atoms with van der Waals surface area (Å²) in [6.07, 6.45) is 3.56. The zero-order valence-corrected chi connectivity index (χ0v) is 9.47. The largest absolute Gasteiger partial charge is 0.195 e. The molecule has 12 heavy (non-hydrogen) atoms. The predicted molar refractivity (Wildman–Crippen MR) is 54.3 cm³/mol. The first-order valence-electron chi connectivity index (χ1n) is 4.21. The summed E-state index contributed by atoms with van der Waals surface area (Å²) in [5.41, 5.74) is 0. The maximum Gasteiger partial charge on any atom is 0.195 e. The van der Waals surface area contributed by atoms with Crippen molar-refractivity contribution in [3.63, 3.8) is 0 Å². The molecule has 0 aromatic rings. The van der Waals surface area contributed by atoms with Crippen LogP contribution in [0.25, 0.3) is 0 Å². The van der Waals surface area contributed by atoms with Gasteiger partial charge in [-0.05, 0) is 31.1 Å². The topological polar surface area (TPSA) is 0 Å². The summed E-state index contributed by atoms with van der Waals surface area (Å²) in [5.74, 6) is 1.21. The minimum atomic E-state index is -1.16. The van der Waals surface area contributed by atoms with Gasteiger partial charge in [0.05, 0.1) is 0 Å². The molecular weight excluding hydrogens is 238 g/mol. The van der Waals surface area contributed by atoms with E-state index in [-0.39, 0.29) is 11.3 Å². The van der Waals surface area contributed by atoms with Crippen LogP contribution in [0.4, 0.5) is 0 Å². The summed E-state index contributed by atoms with van der Waals surface area (Å²) in [5, 5.41) is 0.0799. The Balaban J connectivity index is 2.17. The van der Waals surface area contributed by atoms with Crippen LogP contribution in [0.2, 0.25) is 0 Å². The van der Waals surface area contributed by atoms with Gasteiger partial charge in [-0.25, -0.2) is 0 Å². The average molecular weight is 248 g/mol. The van der Waals surface area contributed by atoms with Gasteiger partial charge in [-0.1, -0.05) is 34.8 Å². The van der Waals surface area contributed by atoms with E-state index >= 15 is 0 Å². The standard InChI is InChI=1S/C8H10Cl4/c9-7-5-2-1-4(3-5)6(7)8(10,11)12/h4-7H,1-3H2/t4-,5+,6+,7+/m1/s1. The van der Waals surface area contributed by atoms with E-state index < -0.39 is 3.79 Å². The lowest BCUT2D eigenvalue weighted by atomic mass is 9.89. The molecule has 2 aliphatic carbocycles. The van der Waals surface area contributed by atoms with Gasteiger partial charge in [0.2, 0.25) is 0 Å². The minimum absolute atomic E-state index is 0.0721. The third kappa shape index (κ3) is 1.45. The molecular formula is C8H10Cl4. The van der Waals surface area contributed by atoms with Crippen LogP contribution in [0, 0.1) is 17.8 Å². The second kappa shape index (κ2) is 3.08. The lowest BCUT2D eigenvalue weighted by Gasteiger charge is -2.31. The monoisotopic (exact) mass is 246 g/mol. The van der Waals surface area contributed by atoms with Gasteiger partial charge >= 0.3 is 0 Å². The molecule has 0 amide bonds. The summed E-state index contributed by atoms with van der Waals surface area (Å²) in [4.78, 5) is 0. The first-order valence-corrected chi connectivity index (χ1v) is 5.78. The van der Waals surface area contributed by atoms with Crippen molar-refractivity contribution in [1.82, 2.24) is 0 Å². The Labute approximate surface area is 92.5 Å². The summed E-state index contributed by atoms with van der Waals surface area (Å²) < 4.78 is -1.16. The fourth-order valence-electron chi connectivity index (χ4n) is 2.67. The maximum atomic E-state index is 6.21. The molecule has 70 valence electrons. The van der Waals surface area contributed by atoms with Crippen molar-refractivity contribution in [3.8, 4) is 0 Å². The zero-order chi connectivity index (χ0) is 8.93. The van der Waals surface area contributed by atoms with Gasteiger partial charge in [-0.2, -0.15) is 0 Å². The highest BCUT2D eigenvalue weighted by molar-refractivity contribution is 6.68. The van der Waals surface area contributed by atoms with Crippen LogP contribution < -0.4 is 0 Å². The molecule has 0 spiro atoms. The van der Waals surface area contributed by atoms with Crippen LogP contribution in [0.15, 0.2) is 0 Å². The van der Waals surface area contributed by atoms with Crippen LogP contribution in [0.5, 0.6) is 0 Å². The molecule has 0 unspecified atom stereocenters. The number of hydrogen-bond donors (Lipinski definition) is 0. The van der Waals surface area contributed by atoms with Crippen LogP contribution in [-0.2, 0) is 0 Å². The number of hydrogen-bond acceptors (Lipinski definition) is 0. The Bertz CT molecular complexity index is 184. The smallest absolute Gasteiger partial charge is 0.122 e. The summed E-state index contributed by atoms with van der Waals surface area (Å²) in [6.45, 7) is 0. The molecule has 2 aliphatic rings. The third-order valence-electron chi connectivity index (χ3n) is 3.19. The zero-order valence-electron chi connectivity index (χ0n) is 6.44. The Morgan fingerprint density at radius 1 is 1.00 bits per heavy atom. The number of rotatable bonds is 0. The fourth-order valence-corrected chi connectivity index (χ4v) is 4.43. The molecule has 2 bridgehead atoms. The van der Waals surface area contributed by atoms with E-state index in [9.17, 15) is 0 Å². The molecule has 0 saturated heterocycles. The first-order chi connectivity index (χ1) is 5.50. The SMILES string of the molecule is Cl[C@H]1[C@H]2CC[C@H](C2)[C@@H]1C(Cl)(Cl)Cl. The Kier molecular flexibility index (Phi) is 2.49. The highest BCUT2D eigenvalue weighted by atomic mass is 35.6. The lowest BCUT2D eigenvalue weighted by molar-refractivity contribution is 0.344. The van der Waals surface area contributed by atoms with Gasteiger partial charge in [0.25, 0.3) is 0 Å². The minimum Gasteiger partial charge on any atom is -0.122 e. The number of fused-ring (bicyclic) bond motifs is 2. The van der Waals surface area contributed by atoms with Crippen molar-refractivity contribution >= 4 is 46.4 Å². The van der Waals surface area contributed by atoms with E-state index in [0.717, 1.165) is 6.42 Å². The van der Waals surface area contributed by atoms with Crippen LogP contribution in [0.3, 0.4) is 0 Å². The third-order valence-corrected chi connectivity index (χ3v) is 4.58. The highest BCUT2D eigenvalue weighted by Gasteiger charge is 2.54. The van der Waals surface area contributed by atoms with Crippen molar-refractivity contribution in [2.45, 2.75) is 28.4 Å². The van der Waals surface area contributed by atoms with E-state index in [2.05, 4.69) is 0 Å². The Morgan fingerprint density at radius 2 is 1.58 bits per heavy atom. The Morgan fingerprint density at radius 3 is 1.92 bits per heavy atom. The Hall–Kier alpha value is 1.16. The van der Waals surface area contributed by atoms with Gasteiger partial charge in [0.1, 0.15) is 0 Å². The molecule has 2 rings (SSSR count). The molecule has 0 aromatic heterocycles. The van der Waals surface area contributed by atoms with Gasteiger partial charge in [0, 0.05) is 11.3 Å². The van der Waals surface area contributed by atoms with Crippen molar-refractivity contribution < 1.29 is 0 Å². The van der Waals surface area contributed by atoms with Gasteiger partial charge in [0.15, 0.2) is 3.79 Å². The highest BCUT2D eigenvalue weighted by Crippen LogP contribution is 2.58. The molecule has 0 nitrogen and oxygen atoms in total. The van der Waals surface area contributed by atoms with Crippen LogP contribution in [-0.4, -0.2) is 9.17 Å². The molecule has 0 radical (unpaired) electrons. The quantitative estimate of drug-likeness (QED) is 0.568. The molecule has 2 fully saturated rings. The van der Waals surface area contributed by atoms with E-state index in [1.165, 1.54) is 12.8 Å². The van der Waals surface area contributed by atoms with E-state index in [4.69, 9.17) is 46.4 Å². The molecule has 0 aromatic carbocycles. The molecule has 2 saturated carbocycles. The van der Waals surface area contributed by atoms with Gasteiger partial charge in [-0.3, -0.25) is 0 Å². The fraction of sp³-hybridized carbons (Fsp3) is 1.00. The van der Waals surface area contributed by atoms with Crippen LogP contribution in [0.1, 0.15) is 19.3 Å². The molecule has 4 heteroatoms. The first kappa shape index (κ1) is 9.71. The van der Waals surface area contributed by atoms with E-state index in [1.807, 2.05) is 0 Å². The lowest BCUT2D eigenvalue weighted by Crippen LogP contribution is -2.33. The second-order valence-corrected chi connectivity index (χ2v) is 6.72. The molecule has 0 aliphatic heterocycles. The van der Waals surface area contributed by atoms with Gasteiger partial charge < -0.3 is 0 Å². The average Bonchev–Trinajstić information content (AvgIpc) is 2.42. The number of alkyl halides is 4. The summed E-state index contributed by atoms with van der Waals surface area (Å²) in [7, 11) is 0. The number of halogens is 4. The maximum absolute atomic E-state index is 6.21. The second-order valence-electron chi connectivity index (χ2n) is 3.85. The predicted octanol–water partition coefficient (Wildman–Crippen LogP) is 4.01. The summed E-state index contributed by atoms with van der Waals surface area (Å²) >= 11 is 23.8. The van der Waals surface area contributed by atoms with Crippen molar-refractivity contribution in [1.29, 1.82) is 0 Å². The van der Waals surface area contributed by atoms with E-state index in [1.54, 1.807) is 0 Å². The summed E-state index contributed by atoms with van der Waals surface area (Å²) in [6, 6.07) is 0. The van der Waals surface area contributed by atoms with Crippen molar-refractivity contribution in [3.05, 3.63) is 0 Å². The van der Waals surface area contributed by atoms with E-state index in [0.29, 0.717) is 11.8 Å². The molecule has 0 N–H and O–H groups in total.